The van der Waals surface area contributed by atoms with Gasteiger partial charge in [0.25, 0.3) is 0 Å². The topological polar surface area (TPSA) is 0 Å². The summed E-state index contributed by atoms with van der Waals surface area (Å²) in [5.41, 5.74) is 1.97. The highest BCUT2D eigenvalue weighted by atomic mass is 19.2. The van der Waals surface area contributed by atoms with Crippen LogP contribution in [0.25, 0.3) is 0 Å². The zero-order valence-electron chi connectivity index (χ0n) is 9.35. The van der Waals surface area contributed by atoms with E-state index in [-0.39, 0.29) is 0 Å². The Bertz CT molecular complexity index is 384. The SMILES string of the molecule is CC1CC(C)C(C)c2cc(F)c(F)cc21. The van der Waals surface area contributed by atoms with E-state index < -0.39 is 11.6 Å². The van der Waals surface area contributed by atoms with Crippen molar-refractivity contribution in [2.45, 2.75) is 39.0 Å². The maximum Gasteiger partial charge on any atom is 0.159 e. The van der Waals surface area contributed by atoms with Gasteiger partial charge in [0, 0.05) is 0 Å². The molecule has 1 aromatic rings. The van der Waals surface area contributed by atoms with Gasteiger partial charge in [-0.2, -0.15) is 0 Å². The van der Waals surface area contributed by atoms with Gasteiger partial charge < -0.3 is 0 Å². The van der Waals surface area contributed by atoms with Crippen molar-refractivity contribution in [1.29, 1.82) is 0 Å². The minimum atomic E-state index is -0.720. The quantitative estimate of drug-likeness (QED) is 0.601. The number of hydrogen-bond acceptors (Lipinski definition) is 0. The van der Waals surface area contributed by atoms with Crippen LogP contribution in [-0.4, -0.2) is 0 Å². The fraction of sp³-hybridized carbons (Fsp3) is 0.538. The van der Waals surface area contributed by atoms with E-state index >= 15 is 0 Å². The molecule has 0 spiro atoms. The van der Waals surface area contributed by atoms with E-state index in [2.05, 4.69) is 20.8 Å². The number of fused-ring (bicyclic) bond motifs is 1. The van der Waals surface area contributed by atoms with Gasteiger partial charge in [-0.25, -0.2) is 8.78 Å². The fourth-order valence-corrected chi connectivity index (χ4v) is 2.59. The first kappa shape index (κ1) is 10.6. The summed E-state index contributed by atoms with van der Waals surface area (Å²) in [4.78, 5) is 0. The maximum atomic E-state index is 13.2. The Labute approximate surface area is 89.3 Å². The van der Waals surface area contributed by atoms with Crippen LogP contribution in [0.5, 0.6) is 0 Å². The molecule has 0 fully saturated rings. The van der Waals surface area contributed by atoms with Gasteiger partial charge in [0.2, 0.25) is 0 Å². The first-order valence-corrected chi connectivity index (χ1v) is 5.49. The van der Waals surface area contributed by atoms with E-state index in [0.717, 1.165) is 17.5 Å². The summed E-state index contributed by atoms with van der Waals surface area (Å²) in [6, 6.07) is 2.75. The lowest BCUT2D eigenvalue weighted by Gasteiger charge is -2.33. The van der Waals surface area contributed by atoms with Crippen LogP contribution in [-0.2, 0) is 0 Å². The number of rotatable bonds is 0. The van der Waals surface area contributed by atoms with Crippen molar-refractivity contribution < 1.29 is 8.78 Å². The molecule has 3 unspecified atom stereocenters. The van der Waals surface area contributed by atoms with Crippen LogP contribution >= 0.6 is 0 Å². The van der Waals surface area contributed by atoms with E-state index in [9.17, 15) is 8.78 Å². The molecule has 1 aliphatic carbocycles. The van der Waals surface area contributed by atoms with Crippen molar-refractivity contribution in [3.05, 3.63) is 34.9 Å². The molecule has 0 bridgehead atoms. The van der Waals surface area contributed by atoms with Gasteiger partial charge in [-0.3, -0.25) is 0 Å². The van der Waals surface area contributed by atoms with E-state index in [1.54, 1.807) is 0 Å². The Morgan fingerprint density at radius 1 is 1.00 bits per heavy atom. The van der Waals surface area contributed by atoms with Gasteiger partial charge in [0.05, 0.1) is 0 Å². The predicted octanol–water partition coefficient (Wildman–Crippen LogP) is 4.21. The molecule has 2 heteroatoms. The Kier molecular flexibility index (Phi) is 2.53. The lowest BCUT2D eigenvalue weighted by Crippen LogP contribution is -2.19. The van der Waals surface area contributed by atoms with Crippen LogP contribution in [0.15, 0.2) is 12.1 Å². The number of hydrogen-bond donors (Lipinski definition) is 0. The highest BCUT2D eigenvalue weighted by Gasteiger charge is 2.28. The maximum absolute atomic E-state index is 13.2. The molecular weight excluding hydrogens is 194 g/mol. The summed E-state index contributed by atoms with van der Waals surface area (Å²) in [7, 11) is 0. The summed E-state index contributed by atoms with van der Waals surface area (Å²) < 4.78 is 26.3. The molecule has 1 aromatic carbocycles. The van der Waals surface area contributed by atoms with Crippen molar-refractivity contribution in [2.24, 2.45) is 5.92 Å². The van der Waals surface area contributed by atoms with Crippen molar-refractivity contribution in [1.82, 2.24) is 0 Å². The summed E-state index contributed by atoms with van der Waals surface area (Å²) >= 11 is 0. The number of benzene rings is 1. The van der Waals surface area contributed by atoms with E-state index in [4.69, 9.17) is 0 Å². The average Bonchev–Trinajstić information content (AvgIpc) is 2.18. The van der Waals surface area contributed by atoms with Crippen LogP contribution in [0, 0.1) is 17.6 Å². The van der Waals surface area contributed by atoms with E-state index in [1.807, 2.05) is 0 Å². The molecule has 1 aliphatic rings. The van der Waals surface area contributed by atoms with Crippen LogP contribution in [0.1, 0.15) is 50.2 Å². The third-order valence-electron chi connectivity index (χ3n) is 3.73. The third-order valence-corrected chi connectivity index (χ3v) is 3.73. The first-order chi connectivity index (χ1) is 7.00. The average molecular weight is 210 g/mol. The Morgan fingerprint density at radius 2 is 1.53 bits per heavy atom. The standard InChI is InChI=1S/C13H16F2/c1-7-4-8(2)10-5-12(14)13(15)6-11(10)9(7)3/h5-9H,4H2,1-3H3. The van der Waals surface area contributed by atoms with Gasteiger partial charge >= 0.3 is 0 Å². The minimum Gasteiger partial charge on any atom is -0.204 e. The molecule has 0 saturated carbocycles. The normalized spacial score (nSPS) is 30.1. The van der Waals surface area contributed by atoms with Crippen molar-refractivity contribution >= 4 is 0 Å². The van der Waals surface area contributed by atoms with Crippen LogP contribution in [0.3, 0.4) is 0 Å². The molecule has 3 atom stereocenters. The van der Waals surface area contributed by atoms with Crippen LogP contribution < -0.4 is 0 Å². The molecule has 0 N–H and O–H groups in total. The fourth-order valence-electron chi connectivity index (χ4n) is 2.59. The minimum absolute atomic E-state index is 0.325. The van der Waals surface area contributed by atoms with Gasteiger partial charge in [0.15, 0.2) is 11.6 Å². The summed E-state index contributed by atoms with van der Waals surface area (Å²) in [5.74, 6) is -0.241. The zero-order valence-corrected chi connectivity index (χ0v) is 9.35. The Morgan fingerprint density at radius 3 is 2.13 bits per heavy atom. The second kappa shape index (κ2) is 3.58. The molecular formula is C13H16F2. The highest BCUT2D eigenvalue weighted by molar-refractivity contribution is 5.36. The van der Waals surface area contributed by atoms with Gasteiger partial charge in [-0.05, 0) is 47.4 Å². The van der Waals surface area contributed by atoms with E-state index in [0.29, 0.717) is 17.8 Å². The molecule has 0 heterocycles. The summed E-state index contributed by atoms with van der Waals surface area (Å²) in [6.45, 7) is 6.34. The Balaban J connectivity index is 2.56. The highest BCUT2D eigenvalue weighted by Crippen LogP contribution is 2.42. The van der Waals surface area contributed by atoms with Crippen LogP contribution in [0.2, 0.25) is 0 Å². The van der Waals surface area contributed by atoms with Crippen molar-refractivity contribution in [2.75, 3.05) is 0 Å². The number of halogens is 2. The molecule has 2 rings (SSSR count). The molecule has 82 valence electrons. The zero-order chi connectivity index (χ0) is 11.2. The van der Waals surface area contributed by atoms with E-state index in [1.165, 1.54) is 12.1 Å². The Hall–Kier alpha value is -0.920. The molecule has 0 amide bonds. The molecule has 15 heavy (non-hydrogen) atoms. The molecule has 0 aromatic heterocycles. The first-order valence-electron chi connectivity index (χ1n) is 5.49. The third kappa shape index (κ3) is 1.66. The lowest BCUT2D eigenvalue weighted by molar-refractivity contribution is 0.382. The van der Waals surface area contributed by atoms with Gasteiger partial charge in [-0.1, -0.05) is 20.8 Å². The second-order valence-electron chi connectivity index (χ2n) is 4.80. The molecule has 0 aliphatic heterocycles. The second-order valence-corrected chi connectivity index (χ2v) is 4.80. The van der Waals surface area contributed by atoms with Gasteiger partial charge in [-0.15, -0.1) is 0 Å². The predicted molar refractivity (Wildman–Crippen MR) is 57.0 cm³/mol. The smallest absolute Gasteiger partial charge is 0.159 e. The molecule has 0 nitrogen and oxygen atoms in total. The molecule has 0 saturated heterocycles. The van der Waals surface area contributed by atoms with Gasteiger partial charge in [0.1, 0.15) is 0 Å². The largest absolute Gasteiger partial charge is 0.204 e. The molecule has 0 radical (unpaired) electrons. The van der Waals surface area contributed by atoms with Crippen LogP contribution in [0.4, 0.5) is 8.78 Å². The van der Waals surface area contributed by atoms with Crippen molar-refractivity contribution in [3.63, 3.8) is 0 Å². The summed E-state index contributed by atoms with van der Waals surface area (Å²) in [5, 5.41) is 0. The van der Waals surface area contributed by atoms with Crippen molar-refractivity contribution in [3.8, 4) is 0 Å². The summed E-state index contributed by atoms with van der Waals surface area (Å²) in [6.07, 6.45) is 1.05. The monoisotopic (exact) mass is 210 g/mol. The lowest BCUT2D eigenvalue weighted by atomic mass is 9.72.